The fourth-order valence-electron chi connectivity index (χ4n) is 1.15. The molecule has 0 aromatic heterocycles. The van der Waals surface area contributed by atoms with Crippen molar-refractivity contribution in [2.75, 3.05) is 11.9 Å². The normalized spacial score (nSPS) is 11.9. The zero-order valence-corrected chi connectivity index (χ0v) is 8.43. The lowest BCUT2D eigenvalue weighted by molar-refractivity contribution is 0.583. The van der Waals surface area contributed by atoms with E-state index >= 15 is 0 Å². The molecule has 0 spiro atoms. The van der Waals surface area contributed by atoms with Crippen LogP contribution in [-0.4, -0.2) is 6.54 Å². The second kappa shape index (κ2) is 5.30. The predicted molar refractivity (Wildman–Crippen MR) is 54.2 cm³/mol. The molecule has 1 unspecified atom stereocenters. The Morgan fingerprint density at radius 2 is 2.20 bits per heavy atom. The average molecular weight is 210 g/mol. The summed E-state index contributed by atoms with van der Waals surface area (Å²) in [7, 11) is 0. The molecule has 0 radical (unpaired) electrons. The highest BCUT2D eigenvalue weighted by molar-refractivity contribution is 5.44. The summed E-state index contributed by atoms with van der Waals surface area (Å²) in [6, 6.07) is 5.42. The molecule has 1 atom stereocenters. The zero-order valence-electron chi connectivity index (χ0n) is 8.43. The van der Waals surface area contributed by atoms with Crippen molar-refractivity contribution in [1.29, 1.82) is 5.26 Å². The summed E-state index contributed by atoms with van der Waals surface area (Å²) < 4.78 is 25.7. The maximum absolute atomic E-state index is 13.1. The monoisotopic (exact) mass is 210 g/mol. The third kappa shape index (κ3) is 3.21. The van der Waals surface area contributed by atoms with Gasteiger partial charge < -0.3 is 5.32 Å². The Labute approximate surface area is 87.5 Å². The van der Waals surface area contributed by atoms with E-state index in [9.17, 15) is 8.78 Å². The predicted octanol–water partition coefficient (Wildman–Crippen LogP) is 2.93. The van der Waals surface area contributed by atoms with Gasteiger partial charge in [-0.05, 0) is 18.6 Å². The van der Waals surface area contributed by atoms with Crippen molar-refractivity contribution in [3.05, 3.63) is 29.8 Å². The van der Waals surface area contributed by atoms with E-state index in [0.29, 0.717) is 13.0 Å². The molecule has 2 nitrogen and oxygen atoms in total. The molecule has 0 bridgehead atoms. The van der Waals surface area contributed by atoms with Gasteiger partial charge in [-0.15, -0.1) is 0 Å². The van der Waals surface area contributed by atoms with Crippen LogP contribution < -0.4 is 5.32 Å². The largest absolute Gasteiger partial charge is 0.381 e. The number of rotatable bonds is 4. The first-order valence-electron chi connectivity index (χ1n) is 4.76. The van der Waals surface area contributed by atoms with Crippen molar-refractivity contribution in [2.24, 2.45) is 5.92 Å². The van der Waals surface area contributed by atoms with Crippen LogP contribution >= 0.6 is 0 Å². The van der Waals surface area contributed by atoms with E-state index in [1.165, 1.54) is 12.1 Å². The molecule has 0 amide bonds. The van der Waals surface area contributed by atoms with Gasteiger partial charge in [0.15, 0.2) is 0 Å². The summed E-state index contributed by atoms with van der Waals surface area (Å²) in [4.78, 5) is 0. The van der Waals surface area contributed by atoms with Crippen LogP contribution in [0.1, 0.15) is 13.3 Å². The summed E-state index contributed by atoms with van der Waals surface area (Å²) in [6.07, 6.45) is 0.701. The number of nitrogens with one attached hydrogen (secondary N) is 1. The lowest BCUT2D eigenvalue weighted by Gasteiger charge is -2.10. The second-order valence-corrected chi connectivity index (χ2v) is 3.24. The minimum absolute atomic E-state index is 0.158. The Kier molecular flexibility index (Phi) is 4.04. The van der Waals surface area contributed by atoms with E-state index in [-0.39, 0.29) is 11.6 Å². The molecular formula is C11H12F2N2. The third-order valence-corrected chi connectivity index (χ3v) is 2.15. The maximum Gasteiger partial charge on any atom is 0.149 e. The van der Waals surface area contributed by atoms with Gasteiger partial charge in [-0.2, -0.15) is 5.26 Å². The lowest BCUT2D eigenvalue weighted by atomic mass is 10.1. The smallest absolute Gasteiger partial charge is 0.149 e. The van der Waals surface area contributed by atoms with Crippen LogP contribution in [0.25, 0.3) is 0 Å². The molecule has 1 N–H and O–H groups in total. The van der Waals surface area contributed by atoms with Gasteiger partial charge in [0.1, 0.15) is 11.6 Å². The molecule has 0 aliphatic rings. The van der Waals surface area contributed by atoms with Gasteiger partial charge in [-0.1, -0.05) is 6.92 Å². The van der Waals surface area contributed by atoms with Gasteiger partial charge in [0, 0.05) is 12.6 Å². The number of nitriles is 1. The molecule has 1 aromatic carbocycles. The van der Waals surface area contributed by atoms with Crippen LogP contribution in [-0.2, 0) is 0 Å². The zero-order chi connectivity index (χ0) is 11.3. The van der Waals surface area contributed by atoms with Crippen LogP contribution in [0.4, 0.5) is 14.5 Å². The highest BCUT2D eigenvalue weighted by Gasteiger charge is 2.07. The molecule has 0 aliphatic heterocycles. The quantitative estimate of drug-likeness (QED) is 0.829. The Bertz CT molecular complexity index is 371. The minimum Gasteiger partial charge on any atom is -0.381 e. The van der Waals surface area contributed by atoms with Crippen LogP contribution in [0.15, 0.2) is 18.2 Å². The highest BCUT2D eigenvalue weighted by atomic mass is 19.1. The van der Waals surface area contributed by atoms with E-state index in [4.69, 9.17) is 5.26 Å². The average Bonchev–Trinajstić information content (AvgIpc) is 2.22. The molecule has 0 saturated carbocycles. The molecule has 0 saturated heterocycles. The number of hydrogen-bond donors (Lipinski definition) is 1. The number of benzene rings is 1. The van der Waals surface area contributed by atoms with E-state index < -0.39 is 11.6 Å². The van der Waals surface area contributed by atoms with Crippen molar-refractivity contribution in [3.63, 3.8) is 0 Å². The number of nitrogens with zero attached hydrogens (tertiary/aromatic N) is 1. The summed E-state index contributed by atoms with van der Waals surface area (Å²) in [6.45, 7) is 2.26. The van der Waals surface area contributed by atoms with Crippen LogP contribution in [0.3, 0.4) is 0 Å². The SMILES string of the molecule is CCC(C#N)CNc1ccc(F)cc1F. The molecule has 0 aliphatic carbocycles. The Balaban J connectivity index is 2.62. The van der Waals surface area contributed by atoms with Gasteiger partial charge in [0.25, 0.3) is 0 Å². The van der Waals surface area contributed by atoms with Crippen molar-refractivity contribution >= 4 is 5.69 Å². The van der Waals surface area contributed by atoms with Gasteiger partial charge >= 0.3 is 0 Å². The summed E-state index contributed by atoms with van der Waals surface area (Å²) in [5, 5.41) is 11.5. The third-order valence-electron chi connectivity index (χ3n) is 2.15. The molecule has 1 aromatic rings. The van der Waals surface area contributed by atoms with Crippen molar-refractivity contribution in [3.8, 4) is 6.07 Å². The number of hydrogen-bond acceptors (Lipinski definition) is 2. The summed E-state index contributed by atoms with van der Waals surface area (Å²) in [5.74, 6) is -1.40. The van der Waals surface area contributed by atoms with Crippen molar-refractivity contribution < 1.29 is 8.78 Å². The van der Waals surface area contributed by atoms with Crippen molar-refractivity contribution in [1.82, 2.24) is 0 Å². The topological polar surface area (TPSA) is 35.8 Å². The molecule has 0 fully saturated rings. The minimum atomic E-state index is -0.636. The highest BCUT2D eigenvalue weighted by Crippen LogP contribution is 2.15. The maximum atomic E-state index is 13.1. The van der Waals surface area contributed by atoms with E-state index in [1.807, 2.05) is 6.92 Å². The van der Waals surface area contributed by atoms with Gasteiger partial charge in [0.2, 0.25) is 0 Å². The summed E-state index contributed by atoms with van der Waals surface area (Å²) >= 11 is 0. The molecule has 1 rings (SSSR count). The first-order valence-corrected chi connectivity index (χ1v) is 4.76. The Hall–Kier alpha value is -1.63. The van der Waals surface area contributed by atoms with E-state index in [2.05, 4.69) is 11.4 Å². The Morgan fingerprint density at radius 1 is 1.47 bits per heavy atom. The lowest BCUT2D eigenvalue weighted by Crippen LogP contribution is -2.12. The van der Waals surface area contributed by atoms with Gasteiger partial charge in [-0.25, -0.2) is 8.78 Å². The van der Waals surface area contributed by atoms with E-state index in [1.54, 1.807) is 0 Å². The Morgan fingerprint density at radius 3 is 2.73 bits per heavy atom. The summed E-state index contributed by atoms with van der Waals surface area (Å²) in [5.41, 5.74) is 0.227. The fourth-order valence-corrected chi connectivity index (χ4v) is 1.15. The van der Waals surface area contributed by atoms with Gasteiger partial charge in [0.05, 0.1) is 17.7 Å². The molecule has 15 heavy (non-hydrogen) atoms. The number of halogens is 2. The second-order valence-electron chi connectivity index (χ2n) is 3.24. The fraction of sp³-hybridized carbons (Fsp3) is 0.364. The van der Waals surface area contributed by atoms with Crippen molar-refractivity contribution in [2.45, 2.75) is 13.3 Å². The molecular weight excluding hydrogens is 198 g/mol. The molecule has 4 heteroatoms. The first-order chi connectivity index (χ1) is 7.17. The van der Waals surface area contributed by atoms with E-state index in [0.717, 1.165) is 6.07 Å². The number of anilines is 1. The standard InChI is InChI=1S/C11H12F2N2/c1-2-8(6-14)7-15-11-4-3-9(12)5-10(11)13/h3-5,8,15H,2,7H2,1H3. The molecule has 0 heterocycles. The first kappa shape index (κ1) is 11.4. The van der Waals surface area contributed by atoms with Crippen LogP contribution in [0.5, 0.6) is 0 Å². The van der Waals surface area contributed by atoms with Crippen LogP contribution in [0, 0.1) is 28.9 Å². The van der Waals surface area contributed by atoms with Gasteiger partial charge in [-0.3, -0.25) is 0 Å². The molecule has 80 valence electrons. The van der Waals surface area contributed by atoms with Crippen LogP contribution in [0.2, 0.25) is 0 Å².